The Labute approximate surface area is 178 Å². The Balaban J connectivity index is 0.00000261. The van der Waals surface area contributed by atoms with E-state index in [4.69, 9.17) is 0 Å². The van der Waals surface area contributed by atoms with E-state index in [2.05, 4.69) is 74.9 Å². The zero-order chi connectivity index (χ0) is 18.4. The fourth-order valence-electron chi connectivity index (χ4n) is 3.17. The van der Waals surface area contributed by atoms with Crippen LogP contribution in [-0.4, -0.2) is 58.3 Å². The molecule has 1 aliphatic heterocycles. The summed E-state index contributed by atoms with van der Waals surface area (Å²) in [6, 6.07) is 11.3. The molecule has 7 nitrogen and oxygen atoms in total. The number of aryl methyl sites for hydroxylation is 1. The molecule has 0 fully saturated rings. The number of likely N-dealkylation sites (N-methyl/N-ethyl adjacent to an activating group) is 1. The first-order chi connectivity index (χ1) is 12.7. The summed E-state index contributed by atoms with van der Waals surface area (Å²) < 4.78 is 1.98. The highest BCUT2D eigenvalue weighted by molar-refractivity contribution is 14.0. The predicted molar refractivity (Wildman–Crippen MR) is 119 cm³/mol. The fourth-order valence-corrected chi connectivity index (χ4v) is 3.17. The van der Waals surface area contributed by atoms with Gasteiger partial charge < -0.3 is 10.6 Å². The van der Waals surface area contributed by atoms with Crippen molar-refractivity contribution in [2.75, 3.05) is 20.6 Å². The van der Waals surface area contributed by atoms with E-state index in [0.717, 1.165) is 44.3 Å². The number of guanidine groups is 1. The van der Waals surface area contributed by atoms with Crippen LogP contribution in [0.5, 0.6) is 0 Å². The van der Waals surface area contributed by atoms with Gasteiger partial charge in [-0.2, -0.15) is 5.10 Å². The minimum absolute atomic E-state index is 0. The summed E-state index contributed by atoms with van der Waals surface area (Å²) >= 11 is 0. The smallest absolute Gasteiger partial charge is 0.191 e. The Bertz CT molecular complexity index is 716. The van der Waals surface area contributed by atoms with Crippen molar-refractivity contribution in [2.45, 2.75) is 44.9 Å². The molecule has 2 unspecified atom stereocenters. The lowest BCUT2D eigenvalue weighted by molar-refractivity contribution is 0.249. The van der Waals surface area contributed by atoms with Gasteiger partial charge in [0.25, 0.3) is 0 Å². The third kappa shape index (κ3) is 6.17. The number of benzene rings is 1. The van der Waals surface area contributed by atoms with Crippen LogP contribution in [0.25, 0.3) is 0 Å². The van der Waals surface area contributed by atoms with Crippen molar-refractivity contribution >= 4 is 29.9 Å². The molecule has 1 aliphatic rings. The van der Waals surface area contributed by atoms with Gasteiger partial charge in [0.1, 0.15) is 12.2 Å². The quantitative estimate of drug-likeness (QED) is 0.373. The van der Waals surface area contributed by atoms with Gasteiger partial charge in [0.05, 0.1) is 6.54 Å². The topological polar surface area (TPSA) is 70.4 Å². The monoisotopic (exact) mass is 483 g/mol. The highest BCUT2D eigenvalue weighted by atomic mass is 127. The Morgan fingerprint density at radius 1 is 1.37 bits per heavy atom. The molecule has 0 saturated carbocycles. The molecule has 0 bridgehead atoms. The summed E-state index contributed by atoms with van der Waals surface area (Å²) in [5.41, 5.74) is 1.33. The lowest BCUT2D eigenvalue weighted by atomic mass is 10.1. The number of fused-ring (bicyclic) bond motifs is 1. The molecule has 2 atom stereocenters. The van der Waals surface area contributed by atoms with Gasteiger partial charge in [-0.05, 0) is 26.0 Å². The largest absolute Gasteiger partial charge is 0.355 e. The van der Waals surface area contributed by atoms with E-state index in [1.54, 1.807) is 6.33 Å². The van der Waals surface area contributed by atoms with Crippen molar-refractivity contribution in [1.82, 2.24) is 30.3 Å². The van der Waals surface area contributed by atoms with Gasteiger partial charge in [-0.15, -0.1) is 24.0 Å². The first kappa shape index (κ1) is 21.6. The molecule has 1 aromatic heterocycles. The van der Waals surface area contributed by atoms with Crippen LogP contribution in [0.1, 0.15) is 24.7 Å². The Hall–Kier alpha value is -1.68. The van der Waals surface area contributed by atoms with Gasteiger partial charge in [-0.3, -0.25) is 9.89 Å². The van der Waals surface area contributed by atoms with Crippen LogP contribution < -0.4 is 10.6 Å². The zero-order valence-corrected chi connectivity index (χ0v) is 18.6. The van der Waals surface area contributed by atoms with Gasteiger partial charge in [-0.1, -0.05) is 30.3 Å². The molecule has 1 aromatic carbocycles. The molecule has 8 heteroatoms. The number of hydrogen-bond donors (Lipinski definition) is 2. The fraction of sp³-hybridized carbons (Fsp3) is 0.526. The van der Waals surface area contributed by atoms with E-state index in [1.165, 1.54) is 5.56 Å². The Morgan fingerprint density at radius 2 is 2.15 bits per heavy atom. The number of aliphatic imine (C=N–C) groups is 1. The van der Waals surface area contributed by atoms with Crippen molar-refractivity contribution in [2.24, 2.45) is 4.99 Å². The second kappa shape index (κ2) is 10.6. The van der Waals surface area contributed by atoms with E-state index in [-0.39, 0.29) is 24.0 Å². The Kier molecular flexibility index (Phi) is 8.49. The first-order valence-corrected chi connectivity index (χ1v) is 9.23. The Morgan fingerprint density at radius 3 is 2.89 bits per heavy atom. The second-order valence-electron chi connectivity index (χ2n) is 6.94. The maximum Gasteiger partial charge on any atom is 0.191 e. The molecular formula is C19H30IN7. The van der Waals surface area contributed by atoms with Crippen molar-refractivity contribution < 1.29 is 0 Å². The van der Waals surface area contributed by atoms with Gasteiger partial charge >= 0.3 is 0 Å². The molecular weight excluding hydrogens is 453 g/mol. The van der Waals surface area contributed by atoms with Gasteiger partial charge in [0.2, 0.25) is 0 Å². The molecule has 0 spiro atoms. The second-order valence-corrected chi connectivity index (χ2v) is 6.94. The molecule has 0 aliphatic carbocycles. The van der Waals surface area contributed by atoms with Crippen molar-refractivity contribution in [3.63, 3.8) is 0 Å². The number of hydrogen-bond acceptors (Lipinski definition) is 4. The van der Waals surface area contributed by atoms with Crippen LogP contribution in [0.2, 0.25) is 0 Å². The van der Waals surface area contributed by atoms with E-state index < -0.39 is 0 Å². The normalized spacial score (nSPS) is 17.8. The maximum atomic E-state index is 4.37. The van der Waals surface area contributed by atoms with Gasteiger partial charge in [-0.25, -0.2) is 9.67 Å². The average molecular weight is 483 g/mol. The summed E-state index contributed by atoms with van der Waals surface area (Å²) in [6.07, 6.45) is 3.63. The third-order valence-corrected chi connectivity index (χ3v) is 4.96. The lowest BCUT2D eigenvalue weighted by Gasteiger charge is -2.28. The van der Waals surface area contributed by atoms with Crippen LogP contribution in [0.3, 0.4) is 0 Å². The summed E-state index contributed by atoms with van der Waals surface area (Å²) in [5, 5.41) is 11.2. The number of nitrogens with zero attached hydrogens (tertiary/aromatic N) is 5. The van der Waals surface area contributed by atoms with Crippen molar-refractivity contribution in [3.8, 4) is 0 Å². The number of nitrogens with one attached hydrogen (secondary N) is 2. The molecule has 3 rings (SSSR count). The zero-order valence-electron chi connectivity index (χ0n) is 16.3. The summed E-state index contributed by atoms with van der Waals surface area (Å²) in [4.78, 5) is 11.0. The highest BCUT2D eigenvalue weighted by Gasteiger charge is 2.20. The van der Waals surface area contributed by atoms with Gasteiger partial charge in [0.15, 0.2) is 5.96 Å². The van der Waals surface area contributed by atoms with Crippen LogP contribution in [-0.2, 0) is 19.5 Å². The summed E-state index contributed by atoms with van der Waals surface area (Å²) in [7, 11) is 3.97. The lowest BCUT2D eigenvalue weighted by Crippen LogP contribution is -2.49. The third-order valence-electron chi connectivity index (χ3n) is 4.96. The van der Waals surface area contributed by atoms with Crippen LogP contribution in [0.4, 0.5) is 0 Å². The SMILES string of the molecule is CN=C(NCC(C)N(C)Cc1ccccc1)NC1CCc2ncnn2C1.I. The predicted octanol–water partition coefficient (Wildman–Crippen LogP) is 1.90. The molecule has 148 valence electrons. The summed E-state index contributed by atoms with van der Waals surface area (Å²) in [6.45, 7) is 4.84. The van der Waals surface area contributed by atoms with Crippen LogP contribution in [0, 0.1) is 0 Å². The van der Waals surface area contributed by atoms with E-state index >= 15 is 0 Å². The minimum atomic E-state index is 0. The van der Waals surface area contributed by atoms with E-state index in [9.17, 15) is 0 Å². The maximum absolute atomic E-state index is 4.37. The average Bonchev–Trinajstić information content (AvgIpc) is 3.13. The summed E-state index contributed by atoms with van der Waals surface area (Å²) in [5.74, 6) is 1.92. The highest BCUT2D eigenvalue weighted by Crippen LogP contribution is 2.11. The van der Waals surface area contributed by atoms with E-state index in [0.29, 0.717) is 12.1 Å². The van der Waals surface area contributed by atoms with Crippen molar-refractivity contribution in [1.29, 1.82) is 0 Å². The molecule has 2 aromatic rings. The molecule has 27 heavy (non-hydrogen) atoms. The molecule has 0 amide bonds. The standard InChI is InChI=1S/C19H29N7.HI/c1-15(25(3)12-16-7-5-4-6-8-16)11-21-19(20-2)24-17-9-10-18-22-14-23-26(18)13-17;/h4-8,14-15,17H,9-13H2,1-3H3,(H2,20,21,24);1H. The number of rotatable bonds is 6. The molecule has 2 N–H and O–H groups in total. The molecule has 0 saturated heterocycles. The minimum Gasteiger partial charge on any atom is -0.355 e. The van der Waals surface area contributed by atoms with Crippen LogP contribution >= 0.6 is 24.0 Å². The number of aromatic nitrogens is 3. The molecule has 2 heterocycles. The first-order valence-electron chi connectivity index (χ1n) is 9.23. The van der Waals surface area contributed by atoms with Gasteiger partial charge in [0, 0.05) is 38.6 Å². The van der Waals surface area contributed by atoms with E-state index in [1.807, 2.05) is 11.7 Å². The molecule has 0 radical (unpaired) electrons. The van der Waals surface area contributed by atoms with Crippen LogP contribution in [0.15, 0.2) is 41.7 Å². The van der Waals surface area contributed by atoms with Crippen molar-refractivity contribution in [3.05, 3.63) is 48.0 Å². The number of halogens is 1.